The standard InChI is InChI=1S/C9H15NO3/c1-2-3-4-7-13-9(12)6-5-8(10)11/h5-6H,2-4,7H2,1H3,(H2,10,11)/b6-5+. The number of carbonyl (C=O) groups excluding carboxylic acids is 2. The Kier molecular flexibility index (Phi) is 6.59. The highest BCUT2D eigenvalue weighted by molar-refractivity contribution is 5.93. The minimum atomic E-state index is -0.648. The molecule has 0 aromatic heterocycles. The Labute approximate surface area is 77.7 Å². The molecule has 0 heterocycles. The molecular formula is C9H15NO3. The Bertz CT molecular complexity index is 199. The van der Waals surface area contributed by atoms with E-state index in [1.807, 2.05) is 0 Å². The summed E-state index contributed by atoms with van der Waals surface area (Å²) in [6, 6.07) is 0. The van der Waals surface area contributed by atoms with Gasteiger partial charge in [-0.2, -0.15) is 0 Å². The van der Waals surface area contributed by atoms with E-state index >= 15 is 0 Å². The van der Waals surface area contributed by atoms with Crippen LogP contribution in [-0.4, -0.2) is 18.5 Å². The summed E-state index contributed by atoms with van der Waals surface area (Å²) in [6.07, 6.45) is 4.99. The number of rotatable bonds is 6. The number of hydrogen-bond acceptors (Lipinski definition) is 3. The normalized spacial score (nSPS) is 10.2. The number of unbranched alkanes of at least 4 members (excludes halogenated alkanes) is 2. The van der Waals surface area contributed by atoms with E-state index in [1.54, 1.807) is 0 Å². The molecule has 0 rings (SSSR count). The summed E-state index contributed by atoms with van der Waals surface area (Å²) in [4.78, 5) is 21.0. The third kappa shape index (κ3) is 8.59. The molecule has 0 aliphatic carbocycles. The van der Waals surface area contributed by atoms with Crippen molar-refractivity contribution in [1.29, 1.82) is 0 Å². The van der Waals surface area contributed by atoms with Crippen molar-refractivity contribution in [2.24, 2.45) is 5.73 Å². The molecule has 2 N–H and O–H groups in total. The van der Waals surface area contributed by atoms with Crippen LogP contribution in [0.2, 0.25) is 0 Å². The van der Waals surface area contributed by atoms with Gasteiger partial charge >= 0.3 is 5.97 Å². The lowest BCUT2D eigenvalue weighted by molar-refractivity contribution is -0.138. The molecule has 0 unspecified atom stereocenters. The Morgan fingerprint density at radius 3 is 2.54 bits per heavy atom. The highest BCUT2D eigenvalue weighted by atomic mass is 16.5. The van der Waals surface area contributed by atoms with E-state index in [0.29, 0.717) is 6.61 Å². The van der Waals surface area contributed by atoms with Crippen LogP contribution in [-0.2, 0) is 14.3 Å². The van der Waals surface area contributed by atoms with Crippen LogP contribution >= 0.6 is 0 Å². The first-order valence-corrected chi connectivity index (χ1v) is 4.31. The highest BCUT2D eigenvalue weighted by Gasteiger charge is 1.96. The number of nitrogens with two attached hydrogens (primary N) is 1. The van der Waals surface area contributed by atoms with Gasteiger partial charge in [-0.15, -0.1) is 0 Å². The molecule has 0 radical (unpaired) electrons. The van der Waals surface area contributed by atoms with E-state index in [4.69, 9.17) is 10.5 Å². The minimum Gasteiger partial charge on any atom is -0.463 e. The Morgan fingerprint density at radius 2 is 2.00 bits per heavy atom. The minimum absolute atomic E-state index is 0.399. The average molecular weight is 185 g/mol. The van der Waals surface area contributed by atoms with Gasteiger partial charge in [0.15, 0.2) is 0 Å². The zero-order valence-corrected chi connectivity index (χ0v) is 7.79. The van der Waals surface area contributed by atoms with Gasteiger partial charge in [0.05, 0.1) is 6.61 Å². The molecule has 0 saturated heterocycles. The summed E-state index contributed by atoms with van der Waals surface area (Å²) in [5.74, 6) is -1.17. The first kappa shape index (κ1) is 11.7. The smallest absolute Gasteiger partial charge is 0.330 e. The number of primary amides is 1. The Morgan fingerprint density at radius 1 is 1.31 bits per heavy atom. The largest absolute Gasteiger partial charge is 0.463 e. The number of carbonyl (C=O) groups is 2. The van der Waals surface area contributed by atoms with Gasteiger partial charge in [0.1, 0.15) is 0 Å². The maximum Gasteiger partial charge on any atom is 0.330 e. The summed E-state index contributed by atoms with van der Waals surface area (Å²) >= 11 is 0. The molecule has 0 aliphatic rings. The van der Waals surface area contributed by atoms with Crippen LogP contribution in [0.15, 0.2) is 12.2 Å². The molecule has 0 aromatic rings. The summed E-state index contributed by atoms with van der Waals surface area (Å²) in [7, 11) is 0. The molecule has 0 bridgehead atoms. The number of esters is 1. The van der Waals surface area contributed by atoms with E-state index < -0.39 is 11.9 Å². The molecule has 4 nitrogen and oxygen atoms in total. The number of ether oxygens (including phenoxy) is 1. The van der Waals surface area contributed by atoms with Gasteiger partial charge in [-0.3, -0.25) is 4.79 Å². The van der Waals surface area contributed by atoms with Crippen LogP contribution in [0.25, 0.3) is 0 Å². The summed E-state index contributed by atoms with van der Waals surface area (Å²) in [6.45, 7) is 2.46. The predicted octanol–water partition coefficient (Wildman–Crippen LogP) is 0.761. The first-order valence-electron chi connectivity index (χ1n) is 4.31. The molecule has 4 heteroatoms. The molecule has 0 fully saturated rings. The topological polar surface area (TPSA) is 69.4 Å². The van der Waals surface area contributed by atoms with Gasteiger partial charge in [0.2, 0.25) is 5.91 Å². The molecular weight excluding hydrogens is 170 g/mol. The zero-order valence-electron chi connectivity index (χ0n) is 7.79. The Balaban J connectivity index is 3.46. The molecule has 0 saturated carbocycles. The fourth-order valence-corrected chi connectivity index (χ4v) is 0.723. The van der Waals surface area contributed by atoms with Crippen molar-refractivity contribution in [2.45, 2.75) is 26.2 Å². The summed E-state index contributed by atoms with van der Waals surface area (Å²) < 4.78 is 4.76. The average Bonchev–Trinajstić information content (AvgIpc) is 2.09. The molecule has 0 aromatic carbocycles. The fourth-order valence-electron chi connectivity index (χ4n) is 0.723. The Hall–Kier alpha value is -1.32. The van der Waals surface area contributed by atoms with Gasteiger partial charge in [0, 0.05) is 12.2 Å². The van der Waals surface area contributed by atoms with Crippen molar-refractivity contribution in [3.8, 4) is 0 Å². The molecule has 0 aliphatic heterocycles. The van der Waals surface area contributed by atoms with Crippen LogP contribution in [0.3, 0.4) is 0 Å². The van der Waals surface area contributed by atoms with Crippen molar-refractivity contribution in [2.75, 3.05) is 6.61 Å². The lowest BCUT2D eigenvalue weighted by atomic mass is 10.3. The maximum absolute atomic E-state index is 10.8. The second-order valence-corrected chi connectivity index (χ2v) is 2.61. The van der Waals surface area contributed by atoms with E-state index in [0.717, 1.165) is 31.4 Å². The molecule has 13 heavy (non-hydrogen) atoms. The predicted molar refractivity (Wildman–Crippen MR) is 48.8 cm³/mol. The van der Waals surface area contributed by atoms with Crippen molar-refractivity contribution in [3.63, 3.8) is 0 Å². The van der Waals surface area contributed by atoms with Crippen molar-refractivity contribution in [3.05, 3.63) is 12.2 Å². The van der Waals surface area contributed by atoms with Gasteiger partial charge in [0.25, 0.3) is 0 Å². The van der Waals surface area contributed by atoms with Gasteiger partial charge in [-0.1, -0.05) is 19.8 Å². The number of hydrogen-bond donors (Lipinski definition) is 1. The molecule has 0 atom stereocenters. The van der Waals surface area contributed by atoms with Gasteiger partial charge in [-0.05, 0) is 6.42 Å². The summed E-state index contributed by atoms with van der Waals surface area (Å²) in [5, 5.41) is 0. The van der Waals surface area contributed by atoms with E-state index in [9.17, 15) is 9.59 Å². The van der Waals surface area contributed by atoms with Crippen molar-refractivity contribution >= 4 is 11.9 Å². The van der Waals surface area contributed by atoms with E-state index in [-0.39, 0.29) is 0 Å². The van der Waals surface area contributed by atoms with Crippen LogP contribution in [0.1, 0.15) is 26.2 Å². The molecule has 0 spiro atoms. The first-order chi connectivity index (χ1) is 6.16. The third-order valence-electron chi connectivity index (χ3n) is 1.38. The van der Waals surface area contributed by atoms with Crippen LogP contribution in [0.4, 0.5) is 0 Å². The van der Waals surface area contributed by atoms with Gasteiger partial charge < -0.3 is 10.5 Å². The van der Waals surface area contributed by atoms with Crippen molar-refractivity contribution < 1.29 is 14.3 Å². The molecule has 1 amide bonds. The zero-order chi connectivity index (χ0) is 10.1. The lowest BCUT2D eigenvalue weighted by Gasteiger charge is -1.99. The van der Waals surface area contributed by atoms with Crippen LogP contribution in [0, 0.1) is 0 Å². The van der Waals surface area contributed by atoms with Crippen LogP contribution < -0.4 is 5.73 Å². The SMILES string of the molecule is CCCCCOC(=O)/C=C/C(N)=O. The lowest BCUT2D eigenvalue weighted by Crippen LogP contribution is -2.08. The van der Waals surface area contributed by atoms with Gasteiger partial charge in [-0.25, -0.2) is 4.79 Å². The highest BCUT2D eigenvalue weighted by Crippen LogP contribution is 1.94. The quantitative estimate of drug-likeness (QED) is 0.377. The second kappa shape index (κ2) is 7.34. The summed E-state index contributed by atoms with van der Waals surface area (Å²) in [5.41, 5.74) is 4.78. The van der Waals surface area contributed by atoms with E-state index in [1.165, 1.54) is 0 Å². The van der Waals surface area contributed by atoms with Crippen LogP contribution in [0.5, 0.6) is 0 Å². The van der Waals surface area contributed by atoms with E-state index in [2.05, 4.69) is 6.92 Å². The van der Waals surface area contributed by atoms with Crippen molar-refractivity contribution in [1.82, 2.24) is 0 Å². The second-order valence-electron chi connectivity index (χ2n) is 2.61. The monoisotopic (exact) mass is 185 g/mol. The third-order valence-corrected chi connectivity index (χ3v) is 1.38. The number of amides is 1. The fraction of sp³-hybridized carbons (Fsp3) is 0.556. The maximum atomic E-state index is 10.8. The molecule has 74 valence electrons.